The highest BCUT2D eigenvalue weighted by Crippen LogP contribution is 2.27. The summed E-state index contributed by atoms with van der Waals surface area (Å²) in [6, 6.07) is 5.95. The van der Waals surface area contributed by atoms with Gasteiger partial charge in [-0.05, 0) is 12.1 Å². The minimum Gasteiger partial charge on any atom is -0.382 e. The van der Waals surface area contributed by atoms with Gasteiger partial charge in [-0.2, -0.15) is 0 Å². The number of nitrogen functional groups attached to an aromatic ring is 1. The number of aromatic nitrogens is 1. The Kier molecular flexibility index (Phi) is 3.66. The van der Waals surface area contributed by atoms with Gasteiger partial charge in [-0.3, -0.25) is 4.79 Å². The fourth-order valence-electron chi connectivity index (χ4n) is 1.42. The van der Waals surface area contributed by atoms with Gasteiger partial charge in [0.25, 0.3) is 5.91 Å². The molecule has 100 valence electrons. The number of nitrogens with zero attached hydrogens (tertiary/aromatic N) is 2. The smallest absolute Gasteiger partial charge is 0.269 e. The lowest BCUT2D eigenvalue weighted by Crippen LogP contribution is -2.13. The van der Waals surface area contributed by atoms with Crippen molar-refractivity contribution in [2.75, 3.05) is 30.0 Å². The van der Waals surface area contributed by atoms with Gasteiger partial charge in [-0.25, -0.2) is 9.37 Å². The monoisotopic (exact) mass is 280 g/mol. The Morgan fingerprint density at radius 1 is 1.42 bits per heavy atom. The summed E-state index contributed by atoms with van der Waals surface area (Å²) in [7, 11) is 3.60. The van der Waals surface area contributed by atoms with Crippen LogP contribution in [0.3, 0.4) is 0 Å². The molecule has 2 aromatic rings. The highest BCUT2D eigenvalue weighted by Gasteiger charge is 2.18. The van der Waals surface area contributed by atoms with Gasteiger partial charge in [0.1, 0.15) is 16.5 Å². The summed E-state index contributed by atoms with van der Waals surface area (Å²) in [4.78, 5) is 18.1. The van der Waals surface area contributed by atoms with Crippen molar-refractivity contribution >= 4 is 33.9 Å². The van der Waals surface area contributed by atoms with E-state index in [4.69, 9.17) is 5.73 Å². The van der Waals surface area contributed by atoms with E-state index in [-0.39, 0.29) is 16.4 Å². The third kappa shape index (κ3) is 2.82. The Hall–Kier alpha value is -2.15. The fraction of sp³-hybridized carbons (Fsp3) is 0.167. The maximum atomic E-state index is 13.4. The summed E-state index contributed by atoms with van der Waals surface area (Å²) in [5, 5.41) is 3.10. The number of thiazole rings is 1. The molecule has 0 fully saturated rings. The summed E-state index contributed by atoms with van der Waals surface area (Å²) in [5.41, 5.74) is 5.81. The second-order valence-corrected chi connectivity index (χ2v) is 5.02. The van der Waals surface area contributed by atoms with Gasteiger partial charge in [-0.15, -0.1) is 0 Å². The predicted molar refractivity (Wildman–Crippen MR) is 75.2 cm³/mol. The second kappa shape index (κ2) is 5.23. The Balaban J connectivity index is 2.23. The number of hydrogen-bond donors (Lipinski definition) is 2. The Labute approximate surface area is 113 Å². The lowest BCUT2D eigenvalue weighted by Gasteiger charge is -2.05. The van der Waals surface area contributed by atoms with Gasteiger partial charge in [-0.1, -0.05) is 23.5 Å². The molecular formula is C12H13FN4OS. The third-order valence-electron chi connectivity index (χ3n) is 2.35. The predicted octanol–water partition coefficient (Wildman–Crippen LogP) is 2.18. The molecule has 0 aliphatic rings. The molecule has 0 aliphatic carbocycles. The molecule has 0 spiro atoms. The summed E-state index contributed by atoms with van der Waals surface area (Å²) < 4.78 is 13.4. The first-order valence-corrected chi connectivity index (χ1v) is 6.30. The minimum absolute atomic E-state index is 0.117. The van der Waals surface area contributed by atoms with Crippen LogP contribution >= 0.6 is 11.3 Å². The topological polar surface area (TPSA) is 71.2 Å². The fourth-order valence-corrected chi connectivity index (χ4v) is 2.22. The average molecular weight is 280 g/mol. The molecule has 0 saturated carbocycles. The first-order chi connectivity index (χ1) is 8.99. The Morgan fingerprint density at radius 3 is 2.68 bits per heavy atom. The summed E-state index contributed by atoms with van der Waals surface area (Å²) >= 11 is 1.16. The van der Waals surface area contributed by atoms with Crippen molar-refractivity contribution in [2.24, 2.45) is 0 Å². The van der Waals surface area contributed by atoms with Gasteiger partial charge in [0.2, 0.25) is 0 Å². The van der Waals surface area contributed by atoms with Crippen molar-refractivity contribution in [1.29, 1.82) is 0 Å². The molecule has 1 aromatic carbocycles. The number of carbonyl (C=O) groups excluding carboxylic acids is 1. The maximum Gasteiger partial charge on any atom is 0.269 e. The average Bonchev–Trinajstić information content (AvgIpc) is 2.74. The zero-order chi connectivity index (χ0) is 14.0. The first kappa shape index (κ1) is 13.3. The van der Waals surface area contributed by atoms with E-state index in [1.54, 1.807) is 31.1 Å². The lowest BCUT2D eigenvalue weighted by atomic mass is 10.3. The largest absolute Gasteiger partial charge is 0.382 e. The molecule has 1 heterocycles. The number of para-hydroxylation sites is 1. The molecule has 7 heteroatoms. The molecule has 5 nitrogen and oxygen atoms in total. The van der Waals surface area contributed by atoms with Crippen LogP contribution in [0.4, 0.5) is 21.0 Å². The van der Waals surface area contributed by atoms with E-state index in [2.05, 4.69) is 10.3 Å². The maximum absolute atomic E-state index is 13.4. The number of anilines is 3. The van der Waals surface area contributed by atoms with Crippen molar-refractivity contribution in [2.45, 2.75) is 0 Å². The van der Waals surface area contributed by atoms with Crippen LogP contribution in [-0.4, -0.2) is 25.0 Å². The van der Waals surface area contributed by atoms with Gasteiger partial charge in [0.05, 0.1) is 5.69 Å². The van der Waals surface area contributed by atoms with E-state index < -0.39 is 11.7 Å². The van der Waals surface area contributed by atoms with E-state index in [0.29, 0.717) is 5.13 Å². The summed E-state index contributed by atoms with van der Waals surface area (Å²) in [6.07, 6.45) is 0. The molecule has 1 aromatic heterocycles. The number of carbonyl (C=O) groups is 1. The van der Waals surface area contributed by atoms with Crippen LogP contribution in [0.2, 0.25) is 0 Å². The quantitative estimate of drug-likeness (QED) is 0.904. The van der Waals surface area contributed by atoms with E-state index in [0.717, 1.165) is 11.3 Å². The van der Waals surface area contributed by atoms with Crippen LogP contribution in [0.1, 0.15) is 9.67 Å². The number of benzene rings is 1. The number of nitrogens with two attached hydrogens (primary N) is 1. The summed E-state index contributed by atoms with van der Waals surface area (Å²) in [6.45, 7) is 0. The van der Waals surface area contributed by atoms with E-state index >= 15 is 0 Å². The number of hydrogen-bond acceptors (Lipinski definition) is 5. The molecule has 19 heavy (non-hydrogen) atoms. The molecule has 0 saturated heterocycles. The van der Waals surface area contributed by atoms with Crippen LogP contribution in [0.5, 0.6) is 0 Å². The number of rotatable bonds is 3. The van der Waals surface area contributed by atoms with Crippen molar-refractivity contribution < 1.29 is 9.18 Å². The van der Waals surface area contributed by atoms with Crippen LogP contribution in [0.15, 0.2) is 24.3 Å². The number of halogens is 1. The van der Waals surface area contributed by atoms with Gasteiger partial charge < -0.3 is 16.0 Å². The first-order valence-electron chi connectivity index (χ1n) is 5.48. The minimum atomic E-state index is -0.494. The molecule has 0 unspecified atom stereocenters. The van der Waals surface area contributed by atoms with E-state index in [1.807, 2.05) is 0 Å². The zero-order valence-corrected chi connectivity index (χ0v) is 11.3. The number of amides is 1. The van der Waals surface area contributed by atoms with Crippen molar-refractivity contribution in [3.05, 3.63) is 35.0 Å². The molecule has 0 aliphatic heterocycles. The second-order valence-electron chi connectivity index (χ2n) is 4.04. The molecule has 3 N–H and O–H groups in total. The molecule has 2 rings (SSSR count). The number of nitrogens with one attached hydrogen (secondary N) is 1. The SMILES string of the molecule is CN(C)c1nc(N)c(C(=O)Nc2ccccc2F)s1. The van der Waals surface area contributed by atoms with Gasteiger partial charge in [0, 0.05) is 14.1 Å². The third-order valence-corrected chi connectivity index (χ3v) is 3.59. The van der Waals surface area contributed by atoms with Gasteiger partial charge in [0.15, 0.2) is 5.13 Å². The standard InChI is InChI=1S/C12H13FN4OS/c1-17(2)12-16-10(14)9(19-12)11(18)15-8-6-4-3-5-7(8)13/h3-6H,14H2,1-2H3,(H,15,18). The molecule has 0 radical (unpaired) electrons. The Morgan fingerprint density at radius 2 is 2.11 bits per heavy atom. The van der Waals surface area contributed by atoms with Crippen molar-refractivity contribution in [1.82, 2.24) is 4.98 Å². The highest BCUT2D eigenvalue weighted by atomic mass is 32.1. The van der Waals surface area contributed by atoms with Gasteiger partial charge >= 0.3 is 0 Å². The van der Waals surface area contributed by atoms with Crippen LogP contribution in [-0.2, 0) is 0 Å². The van der Waals surface area contributed by atoms with Crippen LogP contribution < -0.4 is 16.0 Å². The Bertz CT molecular complexity index is 612. The summed E-state index contributed by atoms with van der Waals surface area (Å²) in [5.74, 6) is -0.817. The van der Waals surface area contributed by atoms with Crippen molar-refractivity contribution in [3.63, 3.8) is 0 Å². The normalized spacial score (nSPS) is 10.3. The lowest BCUT2D eigenvalue weighted by molar-refractivity contribution is 0.103. The molecule has 0 atom stereocenters. The highest BCUT2D eigenvalue weighted by molar-refractivity contribution is 7.18. The van der Waals surface area contributed by atoms with Crippen molar-refractivity contribution in [3.8, 4) is 0 Å². The zero-order valence-electron chi connectivity index (χ0n) is 10.5. The molecule has 1 amide bonds. The van der Waals surface area contributed by atoms with E-state index in [9.17, 15) is 9.18 Å². The molecular weight excluding hydrogens is 267 g/mol. The van der Waals surface area contributed by atoms with Crippen LogP contribution in [0.25, 0.3) is 0 Å². The van der Waals surface area contributed by atoms with E-state index in [1.165, 1.54) is 12.1 Å². The molecule has 0 bridgehead atoms. The van der Waals surface area contributed by atoms with Crippen LogP contribution in [0, 0.1) is 5.82 Å².